The van der Waals surface area contributed by atoms with Gasteiger partial charge < -0.3 is 4.74 Å². The highest BCUT2D eigenvalue weighted by Gasteiger charge is 2.03. The van der Waals surface area contributed by atoms with Crippen molar-refractivity contribution < 1.29 is 14.1 Å². The summed E-state index contributed by atoms with van der Waals surface area (Å²) in [6.45, 7) is 0. The molecular formula is C9H9O3P. The maximum absolute atomic E-state index is 11.0. The molecule has 0 aliphatic carbocycles. The molecule has 1 rings (SSSR count). The molecule has 0 amide bonds. The first-order valence-electron chi connectivity index (χ1n) is 3.74. The fourth-order valence-electron chi connectivity index (χ4n) is 0.939. The van der Waals surface area contributed by atoms with Crippen LogP contribution in [0.4, 0.5) is 0 Å². The lowest BCUT2D eigenvalue weighted by Gasteiger charge is -1.99. The Morgan fingerprint density at radius 1 is 1.38 bits per heavy atom. The second-order valence-corrected chi connectivity index (χ2v) is 3.05. The van der Waals surface area contributed by atoms with Crippen molar-refractivity contribution in [2.75, 3.05) is 7.11 Å². The Kier molecular flexibility index (Phi) is 3.59. The molecule has 68 valence electrons. The van der Waals surface area contributed by atoms with Crippen LogP contribution >= 0.6 is 8.46 Å². The monoisotopic (exact) mass is 196 g/mol. The first-order chi connectivity index (χ1) is 6.27. The van der Waals surface area contributed by atoms with Crippen LogP contribution in [0.1, 0.15) is 15.9 Å². The van der Waals surface area contributed by atoms with E-state index < -0.39 is 0 Å². The normalized spacial score (nSPS) is 9.92. The van der Waals surface area contributed by atoms with Crippen LogP contribution in [0.5, 0.6) is 0 Å². The number of methoxy groups -OCH3 is 1. The molecule has 1 aromatic carbocycles. The van der Waals surface area contributed by atoms with E-state index in [9.17, 15) is 9.36 Å². The van der Waals surface area contributed by atoms with Crippen LogP contribution in [-0.4, -0.2) is 13.1 Å². The number of hydrogen-bond acceptors (Lipinski definition) is 3. The van der Waals surface area contributed by atoms with Gasteiger partial charge in [-0.15, -0.1) is 0 Å². The van der Waals surface area contributed by atoms with Crippen molar-refractivity contribution in [3.8, 4) is 0 Å². The zero-order chi connectivity index (χ0) is 9.68. The molecule has 0 fully saturated rings. The molecule has 3 nitrogen and oxygen atoms in total. The molecule has 0 aliphatic heterocycles. The van der Waals surface area contributed by atoms with Gasteiger partial charge in [-0.25, -0.2) is 4.79 Å². The Labute approximate surface area is 77.9 Å². The molecule has 0 atom stereocenters. The minimum absolute atomic E-state index is 0.0846. The zero-order valence-corrected chi connectivity index (χ0v) is 8.08. The maximum Gasteiger partial charge on any atom is 0.337 e. The van der Waals surface area contributed by atoms with Crippen LogP contribution in [0.3, 0.4) is 0 Å². The van der Waals surface area contributed by atoms with Crippen LogP contribution in [0.25, 0.3) is 0 Å². The second-order valence-electron chi connectivity index (χ2n) is 2.48. The highest BCUT2D eigenvalue weighted by molar-refractivity contribution is 7.22. The molecule has 0 bridgehead atoms. The first kappa shape index (κ1) is 9.87. The number of carbonyl (C=O) groups is 1. The van der Waals surface area contributed by atoms with E-state index in [4.69, 9.17) is 0 Å². The van der Waals surface area contributed by atoms with Gasteiger partial charge in [0.2, 0.25) is 0 Å². The van der Waals surface area contributed by atoms with Gasteiger partial charge in [0.1, 0.15) is 0 Å². The van der Waals surface area contributed by atoms with E-state index in [0.717, 1.165) is 5.56 Å². The maximum atomic E-state index is 11.0. The van der Waals surface area contributed by atoms with E-state index in [-0.39, 0.29) is 14.4 Å². The fourth-order valence-corrected chi connectivity index (χ4v) is 1.30. The predicted molar refractivity (Wildman–Crippen MR) is 49.1 cm³/mol. The van der Waals surface area contributed by atoms with Crippen molar-refractivity contribution >= 4 is 14.4 Å². The van der Waals surface area contributed by atoms with E-state index in [0.29, 0.717) is 11.7 Å². The minimum Gasteiger partial charge on any atom is -0.465 e. The van der Waals surface area contributed by atoms with Gasteiger partial charge >= 0.3 is 5.97 Å². The van der Waals surface area contributed by atoms with Gasteiger partial charge in [-0.3, -0.25) is 4.57 Å². The van der Waals surface area contributed by atoms with Crippen LogP contribution in [0.15, 0.2) is 24.3 Å². The smallest absolute Gasteiger partial charge is 0.337 e. The molecular weight excluding hydrogens is 187 g/mol. The summed E-state index contributed by atoms with van der Waals surface area (Å²) in [5.41, 5.74) is 1.44. The largest absolute Gasteiger partial charge is 0.465 e. The summed E-state index contributed by atoms with van der Waals surface area (Å²) in [6, 6.07) is 6.84. The molecule has 0 saturated heterocycles. The van der Waals surface area contributed by atoms with Gasteiger partial charge in [0.25, 0.3) is 0 Å². The second kappa shape index (κ2) is 4.73. The van der Waals surface area contributed by atoms with Gasteiger partial charge in [0, 0.05) is 0 Å². The number of ether oxygens (including phenoxy) is 1. The van der Waals surface area contributed by atoms with Gasteiger partial charge in [-0.1, -0.05) is 12.1 Å². The van der Waals surface area contributed by atoms with Crippen molar-refractivity contribution in [3.63, 3.8) is 0 Å². The molecule has 0 heterocycles. The van der Waals surface area contributed by atoms with Crippen LogP contribution in [-0.2, 0) is 15.5 Å². The molecule has 4 heteroatoms. The highest BCUT2D eigenvalue weighted by Crippen LogP contribution is 2.10. The molecule has 1 aromatic rings. The fraction of sp³-hybridized carbons (Fsp3) is 0.222. The van der Waals surface area contributed by atoms with E-state index in [1.165, 1.54) is 7.11 Å². The van der Waals surface area contributed by atoms with Crippen LogP contribution in [0.2, 0.25) is 0 Å². The number of carbonyl (C=O) groups excluding carboxylic acids is 1. The quantitative estimate of drug-likeness (QED) is 0.550. The number of rotatable bonds is 3. The average molecular weight is 196 g/mol. The summed E-state index contributed by atoms with van der Waals surface area (Å²) in [7, 11) is 1.42. The standard InChI is InChI=1S/C9H9O3P/c1-12-9(10)8-4-2-7(3-5-8)6-13-11/h2-5H,6H2,1H3. The van der Waals surface area contributed by atoms with Crippen LogP contribution in [0, 0.1) is 0 Å². The molecule has 0 aliphatic rings. The lowest BCUT2D eigenvalue weighted by Crippen LogP contribution is -2.00. The van der Waals surface area contributed by atoms with Gasteiger partial charge in [-0.2, -0.15) is 0 Å². The lowest BCUT2D eigenvalue weighted by atomic mass is 10.1. The zero-order valence-electron chi connectivity index (χ0n) is 7.19. The summed E-state index contributed by atoms with van der Waals surface area (Å²) in [4.78, 5) is 11.0. The summed E-state index contributed by atoms with van der Waals surface area (Å²) in [5.74, 6) is -0.355. The molecule has 0 saturated carbocycles. The van der Waals surface area contributed by atoms with Crippen molar-refractivity contribution in [2.24, 2.45) is 0 Å². The molecule has 0 aromatic heterocycles. The SMILES string of the molecule is COC(=O)c1ccc(CP=O)cc1. The third kappa shape index (κ3) is 2.63. The van der Waals surface area contributed by atoms with E-state index in [1.807, 2.05) is 0 Å². The van der Waals surface area contributed by atoms with E-state index >= 15 is 0 Å². The van der Waals surface area contributed by atoms with Gasteiger partial charge in [0.05, 0.1) is 18.8 Å². The van der Waals surface area contributed by atoms with Gasteiger partial charge in [0.15, 0.2) is 8.46 Å². The summed E-state index contributed by atoms with van der Waals surface area (Å²) in [5, 5.41) is 0. The van der Waals surface area contributed by atoms with Crippen molar-refractivity contribution in [2.45, 2.75) is 6.16 Å². The van der Waals surface area contributed by atoms with E-state index in [2.05, 4.69) is 4.74 Å². The Morgan fingerprint density at radius 2 is 2.00 bits per heavy atom. The number of benzene rings is 1. The molecule has 13 heavy (non-hydrogen) atoms. The molecule has 0 unspecified atom stereocenters. The lowest BCUT2D eigenvalue weighted by molar-refractivity contribution is 0.0601. The molecule has 0 spiro atoms. The Morgan fingerprint density at radius 3 is 2.46 bits per heavy atom. The highest BCUT2D eigenvalue weighted by atomic mass is 31.1. The van der Waals surface area contributed by atoms with Crippen molar-refractivity contribution in [1.29, 1.82) is 0 Å². The Balaban J connectivity index is 2.80. The summed E-state index contributed by atoms with van der Waals surface area (Å²) >= 11 is 0. The molecule has 0 N–H and O–H groups in total. The minimum atomic E-state index is -0.355. The third-order valence-corrected chi connectivity index (χ3v) is 2.12. The summed E-state index contributed by atoms with van der Waals surface area (Å²) < 4.78 is 14.8. The van der Waals surface area contributed by atoms with Crippen molar-refractivity contribution in [3.05, 3.63) is 35.4 Å². The Bertz CT molecular complexity index is 305. The van der Waals surface area contributed by atoms with Crippen LogP contribution < -0.4 is 0 Å². The first-order valence-corrected chi connectivity index (χ1v) is 4.74. The van der Waals surface area contributed by atoms with E-state index in [1.54, 1.807) is 24.3 Å². The molecule has 0 radical (unpaired) electrons. The van der Waals surface area contributed by atoms with Gasteiger partial charge in [-0.05, 0) is 17.7 Å². The number of hydrogen-bond donors (Lipinski definition) is 0. The summed E-state index contributed by atoms with van der Waals surface area (Å²) in [6.07, 6.45) is 0.474. The average Bonchev–Trinajstić information content (AvgIpc) is 2.18. The van der Waals surface area contributed by atoms with Crippen molar-refractivity contribution in [1.82, 2.24) is 0 Å². The number of esters is 1. The Hall–Kier alpha value is -1.21. The predicted octanol–water partition coefficient (Wildman–Crippen LogP) is 2.26. The third-order valence-electron chi connectivity index (χ3n) is 1.62. The topological polar surface area (TPSA) is 43.4 Å².